The van der Waals surface area contributed by atoms with Crippen LogP contribution in [0.1, 0.15) is 5.56 Å². The maximum absolute atomic E-state index is 8.83. The molecular weight excluding hydrogens is 140 g/mol. The van der Waals surface area contributed by atoms with Crippen LogP contribution in [0.15, 0.2) is 31.4 Å². The Hall–Kier alpha value is -1.44. The third-order valence-electron chi connectivity index (χ3n) is 1.05. The van der Waals surface area contributed by atoms with Gasteiger partial charge in [-0.1, -0.05) is 0 Å². The van der Waals surface area contributed by atoms with Crippen molar-refractivity contribution in [3.05, 3.63) is 36.9 Å². The van der Waals surface area contributed by atoms with Crippen molar-refractivity contribution in [2.75, 3.05) is 0 Å². The summed E-state index contributed by atoms with van der Waals surface area (Å²) in [5, 5.41) is 17.7. The zero-order valence-electron chi connectivity index (χ0n) is 6.54. The second kappa shape index (κ2) is 4.39. The van der Waals surface area contributed by atoms with Crippen LogP contribution in [0.2, 0.25) is 0 Å². The lowest BCUT2D eigenvalue weighted by atomic mass is 10.2. The van der Waals surface area contributed by atoms with Crippen LogP contribution in [-0.4, -0.2) is 10.2 Å². The van der Waals surface area contributed by atoms with Crippen molar-refractivity contribution in [2.24, 2.45) is 0 Å². The molecule has 0 bridgehead atoms. The van der Waals surface area contributed by atoms with Crippen LogP contribution >= 0.6 is 0 Å². The van der Waals surface area contributed by atoms with Gasteiger partial charge >= 0.3 is 0 Å². The summed E-state index contributed by atoms with van der Waals surface area (Å²) in [4.78, 5) is 0. The quantitative estimate of drug-likeness (QED) is 0.559. The zero-order valence-corrected chi connectivity index (χ0v) is 6.54. The van der Waals surface area contributed by atoms with Crippen LogP contribution in [0.5, 0.6) is 11.5 Å². The van der Waals surface area contributed by atoms with E-state index in [1.807, 2.05) is 0 Å². The van der Waals surface area contributed by atoms with Gasteiger partial charge in [-0.3, -0.25) is 0 Å². The smallest absolute Gasteiger partial charge is 0.119 e. The van der Waals surface area contributed by atoms with Gasteiger partial charge in [0.25, 0.3) is 0 Å². The normalized spacial score (nSPS) is 8.09. The molecule has 0 aromatic heterocycles. The van der Waals surface area contributed by atoms with E-state index in [1.165, 1.54) is 6.07 Å². The Labute approximate surface area is 66.4 Å². The Morgan fingerprint density at radius 2 is 1.36 bits per heavy atom. The topological polar surface area (TPSA) is 40.5 Å². The summed E-state index contributed by atoms with van der Waals surface area (Å²) < 4.78 is 0. The lowest BCUT2D eigenvalue weighted by molar-refractivity contribution is 0.450. The third-order valence-corrected chi connectivity index (χ3v) is 1.05. The fourth-order valence-electron chi connectivity index (χ4n) is 0.743. The molecule has 0 radical (unpaired) electrons. The van der Waals surface area contributed by atoms with Gasteiger partial charge < -0.3 is 10.2 Å². The van der Waals surface area contributed by atoms with Crippen LogP contribution < -0.4 is 0 Å². The molecule has 0 saturated carbocycles. The molecule has 11 heavy (non-hydrogen) atoms. The Morgan fingerprint density at radius 3 is 1.64 bits per heavy atom. The fraction of sp³-hybridized carbons (Fsp3) is 0.111. The van der Waals surface area contributed by atoms with Crippen LogP contribution in [-0.2, 0) is 0 Å². The first-order chi connectivity index (χ1) is 5.18. The van der Waals surface area contributed by atoms with Gasteiger partial charge in [-0.2, -0.15) is 0 Å². The zero-order chi connectivity index (χ0) is 8.85. The van der Waals surface area contributed by atoms with E-state index in [0.717, 1.165) is 5.56 Å². The number of phenolic OH excluding ortho intramolecular Hbond substituents is 2. The lowest BCUT2D eigenvalue weighted by Gasteiger charge is -1.94. The van der Waals surface area contributed by atoms with Crippen LogP contribution in [0.25, 0.3) is 0 Å². The summed E-state index contributed by atoms with van der Waals surface area (Å²) in [7, 11) is 0. The van der Waals surface area contributed by atoms with E-state index < -0.39 is 0 Å². The van der Waals surface area contributed by atoms with E-state index in [9.17, 15) is 0 Å². The molecule has 60 valence electrons. The highest BCUT2D eigenvalue weighted by Gasteiger charge is 1.91. The number of hydrogen-bond acceptors (Lipinski definition) is 2. The Morgan fingerprint density at radius 1 is 1.00 bits per heavy atom. The van der Waals surface area contributed by atoms with Gasteiger partial charge in [0.15, 0.2) is 0 Å². The van der Waals surface area contributed by atoms with Crippen molar-refractivity contribution in [1.29, 1.82) is 0 Å². The molecule has 0 aliphatic rings. The van der Waals surface area contributed by atoms with E-state index in [4.69, 9.17) is 10.2 Å². The average molecular weight is 152 g/mol. The molecule has 1 aromatic rings. The van der Waals surface area contributed by atoms with E-state index in [-0.39, 0.29) is 11.5 Å². The minimum atomic E-state index is 0.104. The Bertz CT molecular complexity index is 181. The first-order valence-corrected chi connectivity index (χ1v) is 3.18. The van der Waals surface area contributed by atoms with E-state index in [1.54, 1.807) is 19.1 Å². The van der Waals surface area contributed by atoms with Crippen molar-refractivity contribution in [1.82, 2.24) is 0 Å². The highest BCUT2D eigenvalue weighted by Crippen LogP contribution is 2.18. The maximum Gasteiger partial charge on any atom is 0.119 e. The number of rotatable bonds is 0. The molecule has 1 aromatic carbocycles. The van der Waals surface area contributed by atoms with Crippen molar-refractivity contribution in [2.45, 2.75) is 6.92 Å². The van der Waals surface area contributed by atoms with Gasteiger partial charge in [0.2, 0.25) is 0 Å². The van der Waals surface area contributed by atoms with Crippen molar-refractivity contribution >= 4 is 0 Å². The molecule has 0 unspecified atom stereocenters. The van der Waals surface area contributed by atoms with Gasteiger partial charge in [-0.25, -0.2) is 0 Å². The van der Waals surface area contributed by atoms with Crippen LogP contribution in [0, 0.1) is 6.92 Å². The third kappa shape index (κ3) is 3.30. The SMILES string of the molecule is C=C.Cc1cc(O)cc(O)c1. The molecule has 0 spiro atoms. The molecule has 0 heterocycles. The van der Waals surface area contributed by atoms with Gasteiger partial charge in [-0.15, -0.1) is 13.2 Å². The highest BCUT2D eigenvalue weighted by atomic mass is 16.3. The summed E-state index contributed by atoms with van der Waals surface area (Å²) in [6.45, 7) is 7.80. The predicted octanol–water partition coefficient (Wildman–Crippen LogP) is 2.21. The van der Waals surface area contributed by atoms with E-state index in [2.05, 4.69) is 13.2 Å². The molecule has 2 nitrogen and oxygen atoms in total. The number of phenols is 2. The van der Waals surface area contributed by atoms with Crippen molar-refractivity contribution in [3.63, 3.8) is 0 Å². The second-order valence-corrected chi connectivity index (χ2v) is 2.03. The summed E-state index contributed by atoms with van der Waals surface area (Å²) in [6.07, 6.45) is 0. The first-order valence-electron chi connectivity index (χ1n) is 3.18. The molecule has 0 atom stereocenters. The Kier molecular flexibility index (Phi) is 3.81. The summed E-state index contributed by atoms with van der Waals surface area (Å²) in [6, 6.07) is 4.46. The first kappa shape index (κ1) is 9.56. The summed E-state index contributed by atoms with van der Waals surface area (Å²) in [5.41, 5.74) is 0.854. The second-order valence-electron chi connectivity index (χ2n) is 2.03. The lowest BCUT2D eigenvalue weighted by Crippen LogP contribution is -1.70. The molecular formula is C9H12O2. The van der Waals surface area contributed by atoms with Gasteiger partial charge in [0, 0.05) is 6.07 Å². The molecule has 2 N–H and O–H groups in total. The van der Waals surface area contributed by atoms with Gasteiger partial charge in [0.1, 0.15) is 11.5 Å². The Balaban J connectivity index is 0.000000461. The summed E-state index contributed by atoms with van der Waals surface area (Å²) in [5.74, 6) is 0.208. The van der Waals surface area contributed by atoms with Gasteiger partial charge in [0.05, 0.1) is 0 Å². The monoisotopic (exact) mass is 152 g/mol. The van der Waals surface area contributed by atoms with E-state index >= 15 is 0 Å². The van der Waals surface area contributed by atoms with Gasteiger partial charge in [-0.05, 0) is 24.6 Å². The fourth-order valence-corrected chi connectivity index (χ4v) is 0.743. The van der Waals surface area contributed by atoms with Crippen LogP contribution in [0.4, 0.5) is 0 Å². The molecule has 2 heteroatoms. The molecule has 0 aliphatic carbocycles. The predicted molar refractivity (Wildman–Crippen MR) is 45.8 cm³/mol. The number of aromatic hydroxyl groups is 2. The molecule has 0 saturated heterocycles. The standard InChI is InChI=1S/C7H8O2.C2H4/c1-5-2-6(8)4-7(9)3-5;1-2/h2-4,8-9H,1H3;1-2H2. The summed E-state index contributed by atoms with van der Waals surface area (Å²) >= 11 is 0. The molecule has 1 rings (SSSR count). The average Bonchev–Trinajstić information content (AvgIpc) is 1.88. The largest absolute Gasteiger partial charge is 0.508 e. The van der Waals surface area contributed by atoms with Crippen LogP contribution in [0.3, 0.4) is 0 Å². The minimum absolute atomic E-state index is 0.104. The van der Waals surface area contributed by atoms with Crippen molar-refractivity contribution < 1.29 is 10.2 Å². The number of benzene rings is 1. The highest BCUT2D eigenvalue weighted by molar-refractivity contribution is 5.35. The molecule has 0 aliphatic heterocycles. The van der Waals surface area contributed by atoms with E-state index in [0.29, 0.717) is 0 Å². The number of aryl methyl sites for hydroxylation is 1. The molecule has 0 amide bonds. The maximum atomic E-state index is 8.83. The number of hydrogen-bond donors (Lipinski definition) is 2. The molecule has 0 fully saturated rings. The minimum Gasteiger partial charge on any atom is -0.508 e. The van der Waals surface area contributed by atoms with Crippen molar-refractivity contribution in [3.8, 4) is 11.5 Å².